The molecular weight excluding hydrogens is 481 g/mol. The summed E-state index contributed by atoms with van der Waals surface area (Å²) < 4.78 is 75.2. The molecule has 9 heteroatoms. The normalized spacial score (nSPS) is 17.6. The van der Waals surface area contributed by atoms with Gasteiger partial charge in [0.2, 0.25) is 0 Å². The summed E-state index contributed by atoms with van der Waals surface area (Å²) in [7, 11) is 0. The van der Waals surface area contributed by atoms with E-state index in [0.717, 1.165) is 12.1 Å². The van der Waals surface area contributed by atoms with Crippen molar-refractivity contribution < 1.29 is 36.2 Å². The van der Waals surface area contributed by atoms with Gasteiger partial charge in [-0.05, 0) is 47.4 Å². The molecule has 3 aromatic carbocycles. The van der Waals surface area contributed by atoms with Gasteiger partial charge >= 0.3 is 12.3 Å². The number of alkyl halides is 3. The van der Waals surface area contributed by atoms with Crippen LogP contribution < -0.4 is 4.74 Å². The van der Waals surface area contributed by atoms with Gasteiger partial charge in [-0.2, -0.15) is 0 Å². The molecule has 4 rings (SSSR count). The fraction of sp³-hybridized carbons (Fsp3) is 0.259. The van der Waals surface area contributed by atoms with E-state index in [1.807, 2.05) is 6.92 Å². The summed E-state index contributed by atoms with van der Waals surface area (Å²) in [6.45, 7) is 2.08. The quantitative estimate of drug-likeness (QED) is 0.257. The summed E-state index contributed by atoms with van der Waals surface area (Å²) in [6.07, 6.45) is -4.13. The Morgan fingerprint density at radius 2 is 1.53 bits per heavy atom. The summed E-state index contributed by atoms with van der Waals surface area (Å²) >= 11 is 0. The number of hydrogen-bond donors (Lipinski definition) is 0. The number of carbonyl (C=O) groups is 1. The molecule has 0 bridgehead atoms. The third-order valence-corrected chi connectivity index (χ3v) is 5.77. The van der Waals surface area contributed by atoms with Crippen LogP contribution in [-0.4, -0.2) is 24.7 Å². The molecule has 1 heterocycles. The third-order valence-electron chi connectivity index (χ3n) is 5.77. The van der Waals surface area contributed by atoms with Crippen molar-refractivity contribution in [3.63, 3.8) is 0 Å². The average Bonchev–Trinajstić information content (AvgIpc) is 3.27. The van der Waals surface area contributed by atoms with Crippen LogP contribution in [0.1, 0.15) is 36.9 Å². The van der Waals surface area contributed by atoms with Gasteiger partial charge < -0.3 is 9.47 Å². The minimum Gasteiger partial charge on any atom is -0.465 e. The van der Waals surface area contributed by atoms with E-state index >= 15 is 0 Å². The zero-order valence-corrected chi connectivity index (χ0v) is 19.2. The van der Waals surface area contributed by atoms with Crippen molar-refractivity contribution in [3.8, 4) is 16.9 Å². The Hall–Kier alpha value is -3.75. The standard InChI is InChI=1S/C27H22F5NO3/c1-2-14-35-26(34)20-15-23(24-21(28)4-3-5-22(24)29)33-25(20)18-8-6-16(7-9-18)17-10-12-19(13-11-17)36-27(30,31)32/h3-13,20,25H,2,14-15H2,1H3/t20-,25?/m0/s1. The maximum Gasteiger partial charge on any atom is 0.573 e. The Labute approximate surface area is 204 Å². The number of esters is 1. The smallest absolute Gasteiger partial charge is 0.465 e. The minimum atomic E-state index is -4.77. The van der Waals surface area contributed by atoms with E-state index in [1.54, 1.807) is 24.3 Å². The maximum atomic E-state index is 14.4. The molecule has 0 radical (unpaired) electrons. The first-order valence-corrected chi connectivity index (χ1v) is 11.3. The van der Waals surface area contributed by atoms with Gasteiger partial charge in [-0.1, -0.05) is 49.4 Å². The first-order chi connectivity index (χ1) is 17.2. The molecule has 1 aliphatic heterocycles. The molecule has 0 aliphatic carbocycles. The monoisotopic (exact) mass is 503 g/mol. The van der Waals surface area contributed by atoms with E-state index in [1.165, 1.54) is 30.3 Å². The molecule has 0 aromatic heterocycles. The van der Waals surface area contributed by atoms with E-state index in [0.29, 0.717) is 23.1 Å². The molecule has 0 N–H and O–H groups in total. The van der Waals surface area contributed by atoms with Gasteiger partial charge in [-0.15, -0.1) is 13.2 Å². The second-order valence-corrected chi connectivity index (χ2v) is 8.29. The molecule has 2 atom stereocenters. The highest BCUT2D eigenvalue weighted by atomic mass is 19.4. The Morgan fingerprint density at radius 1 is 0.944 bits per heavy atom. The van der Waals surface area contributed by atoms with Crippen LogP contribution in [0.25, 0.3) is 11.1 Å². The second-order valence-electron chi connectivity index (χ2n) is 8.29. The van der Waals surface area contributed by atoms with E-state index < -0.39 is 35.9 Å². The van der Waals surface area contributed by atoms with Crippen molar-refractivity contribution in [1.82, 2.24) is 0 Å². The number of carbonyl (C=O) groups excluding carboxylic acids is 1. The van der Waals surface area contributed by atoms with Gasteiger partial charge in [0.25, 0.3) is 0 Å². The Kier molecular flexibility index (Phi) is 7.37. The summed E-state index contributed by atoms with van der Waals surface area (Å²) in [6, 6.07) is 15.2. The average molecular weight is 503 g/mol. The number of halogens is 5. The van der Waals surface area contributed by atoms with Crippen molar-refractivity contribution in [2.75, 3.05) is 6.61 Å². The number of ether oxygens (including phenoxy) is 2. The number of nitrogens with zero attached hydrogens (tertiary/aromatic N) is 1. The lowest BCUT2D eigenvalue weighted by Gasteiger charge is -2.17. The van der Waals surface area contributed by atoms with Crippen LogP contribution in [0.5, 0.6) is 5.75 Å². The van der Waals surface area contributed by atoms with Crippen LogP contribution in [-0.2, 0) is 9.53 Å². The lowest BCUT2D eigenvalue weighted by Crippen LogP contribution is -2.22. The van der Waals surface area contributed by atoms with Crippen LogP contribution in [0.2, 0.25) is 0 Å². The zero-order chi connectivity index (χ0) is 25.9. The Morgan fingerprint density at radius 3 is 2.08 bits per heavy atom. The highest BCUT2D eigenvalue weighted by molar-refractivity contribution is 6.04. The summed E-state index contributed by atoms with van der Waals surface area (Å²) in [5.41, 5.74) is 1.90. The Balaban J connectivity index is 1.62. The van der Waals surface area contributed by atoms with Gasteiger partial charge in [0.1, 0.15) is 17.4 Å². The molecule has 0 saturated carbocycles. The first-order valence-electron chi connectivity index (χ1n) is 11.3. The van der Waals surface area contributed by atoms with Crippen molar-refractivity contribution in [2.45, 2.75) is 32.2 Å². The van der Waals surface area contributed by atoms with E-state index in [4.69, 9.17) is 4.74 Å². The van der Waals surface area contributed by atoms with Crippen LogP contribution in [0.3, 0.4) is 0 Å². The molecule has 0 saturated heterocycles. The SMILES string of the molecule is CCCOC(=O)[C@H]1CC(c2c(F)cccc2F)=NC1c1ccc(-c2ccc(OC(F)(F)F)cc2)cc1. The van der Waals surface area contributed by atoms with Crippen molar-refractivity contribution >= 4 is 11.7 Å². The summed E-state index contributed by atoms with van der Waals surface area (Å²) in [5, 5.41) is 0. The van der Waals surface area contributed by atoms with Gasteiger partial charge in [0.05, 0.1) is 24.1 Å². The first kappa shape index (κ1) is 25.3. The van der Waals surface area contributed by atoms with Crippen molar-refractivity contribution in [1.29, 1.82) is 0 Å². The number of aliphatic imine (C=N–C) groups is 1. The van der Waals surface area contributed by atoms with Gasteiger partial charge in [0, 0.05) is 12.1 Å². The fourth-order valence-electron chi connectivity index (χ4n) is 4.12. The number of benzene rings is 3. The molecular formula is C27H22F5NO3. The van der Waals surface area contributed by atoms with Gasteiger partial charge in [0.15, 0.2) is 0 Å². The number of rotatable bonds is 7. The number of hydrogen-bond acceptors (Lipinski definition) is 4. The molecule has 36 heavy (non-hydrogen) atoms. The fourth-order valence-corrected chi connectivity index (χ4v) is 4.12. The van der Waals surface area contributed by atoms with Crippen LogP contribution >= 0.6 is 0 Å². The topological polar surface area (TPSA) is 47.9 Å². The lowest BCUT2D eigenvalue weighted by molar-refractivity contribution is -0.274. The zero-order valence-electron chi connectivity index (χ0n) is 19.2. The third kappa shape index (κ3) is 5.72. The van der Waals surface area contributed by atoms with Crippen molar-refractivity contribution in [3.05, 3.63) is 89.5 Å². The molecule has 1 aliphatic rings. The summed E-state index contributed by atoms with van der Waals surface area (Å²) in [4.78, 5) is 17.3. The molecule has 1 unspecified atom stereocenters. The highest BCUT2D eigenvalue weighted by Gasteiger charge is 2.39. The second kappa shape index (κ2) is 10.5. The molecule has 3 aromatic rings. The van der Waals surface area contributed by atoms with E-state index in [9.17, 15) is 26.7 Å². The maximum absolute atomic E-state index is 14.4. The molecule has 188 valence electrons. The van der Waals surface area contributed by atoms with E-state index in [-0.39, 0.29) is 30.1 Å². The Bertz CT molecular complexity index is 1230. The largest absolute Gasteiger partial charge is 0.573 e. The van der Waals surface area contributed by atoms with Crippen LogP contribution in [0, 0.1) is 17.6 Å². The highest BCUT2D eigenvalue weighted by Crippen LogP contribution is 2.39. The lowest BCUT2D eigenvalue weighted by atomic mass is 9.90. The van der Waals surface area contributed by atoms with E-state index in [2.05, 4.69) is 9.73 Å². The van der Waals surface area contributed by atoms with Gasteiger partial charge in [-0.3, -0.25) is 9.79 Å². The molecule has 0 amide bonds. The van der Waals surface area contributed by atoms with Crippen LogP contribution in [0.15, 0.2) is 71.7 Å². The molecule has 0 fully saturated rings. The molecule has 0 spiro atoms. The van der Waals surface area contributed by atoms with Gasteiger partial charge in [-0.25, -0.2) is 8.78 Å². The minimum absolute atomic E-state index is 0.0213. The summed E-state index contributed by atoms with van der Waals surface area (Å²) in [5.74, 6) is -3.10. The predicted molar refractivity (Wildman–Crippen MR) is 124 cm³/mol. The van der Waals surface area contributed by atoms with Crippen molar-refractivity contribution in [2.24, 2.45) is 10.9 Å². The van der Waals surface area contributed by atoms with Crippen LogP contribution in [0.4, 0.5) is 22.0 Å². The predicted octanol–water partition coefficient (Wildman–Crippen LogP) is 7.03. The molecule has 4 nitrogen and oxygen atoms in total.